The fourth-order valence-electron chi connectivity index (χ4n) is 2.20. The molecule has 2 rings (SSSR count). The van der Waals surface area contributed by atoms with E-state index in [-0.39, 0.29) is 0 Å². The monoisotopic (exact) mass is 330 g/mol. The first-order valence-corrected chi connectivity index (χ1v) is 7.94. The number of thiocarbonyl (C=S) groups is 1. The number of nitrogens with one attached hydrogen (secondary N) is 2. The summed E-state index contributed by atoms with van der Waals surface area (Å²) in [6.45, 7) is 0.813. The van der Waals surface area contributed by atoms with E-state index in [0.29, 0.717) is 5.11 Å². The quantitative estimate of drug-likeness (QED) is 0.599. The summed E-state index contributed by atoms with van der Waals surface area (Å²) < 4.78 is 10.4. The van der Waals surface area contributed by atoms with Crippen molar-refractivity contribution in [3.8, 4) is 11.5 Å². The molecule has 5 heteroatoms. The Kier molecular flexibility index (Phi) is 6.69. The lowest BCUT2D eigenvalue weighted by Gasteiger charge is -2.11. The van der Waals surface area contributed by atoms with Crippen LogP contribution < -0.4 is 20.1 Å². The van der Waals surface area contributed by atoms with Gasteiger partial charge in [-0.2, -0.15) is 0 Å². The number of ether oxygens (including phenoxy) is 2. The average molecular weight is 330 g/mol. The molecule has 0 heterocycles. The Hall–Kier alpha value is -2.27. The van der Waals surface area contributed by atoms with Gasteiger partial charge in [0.15, 0.2) is 5.11 Å². The zero-order chi connectivity index (χ0) is 16.5. The maximum Gasteiger partial charge on any atom is 0.170 e. The molecule has 0 amide bonds. The summed E-state index contributed by atoms with van der Waals surface area (Å²) in [6.07, 6.45) is 1.97. The lowest BCUT2D eigenvalue weighted by molar-refractivity contribution is 0.414. The highest BCUT2D eigenvalue weighted by molar-refractivity contribution is 7.80. The number of benzene rings is 2. The minimum atomic E-state index is 0.615. The van der Waals surface area contributed by atoms with Crippen molar-refractivity contribution in [1.29, 1.82) is 0 Å². The average Bonchev–Trinajstić information content (AvgIpc) is 2.59. The van der Waals surface area contributed by atoms with Gasteiger partial charge in [-0.25, -0.2) is 0 Å². The van der Waals surface area contributed by atoms with Crippen molar-refractivity contribution < 1.29 is 9.47 Å². The molecule has 0 unspecified atom stereocenters. The topological polar surface area (TPSA) is 42.5 Å². The van der Waals surface area contributed by atoms with E-state index in [0.717, 1.165) is 36.6 Å². The number of hydrogen-bond donors (Lipinski definition) is 2. The highest BCUT2D eigenvalue weighted by Gasteiger charge is 2.00. The molecule has 0 aliphatic rings. The maximum atomic E-state index is 5.30. The summed E-state index contributed by atoms with van der Waals surface area (Å²) in [5.74, 6) is 1.70. The van der Waals surface area contributed by atoms with Crippen molar-refractivity contribution in [3.63, 3.8) is 0 Å². The molecule has 23 heavy (non-hydrogen) atoms. The molecule has 0 saturated heterocycles. The third-order valence-corrected chi connectivity index (χ3v) is 3.64. The lowest BCUT2D eigenvalue weighted by Crippen LogP contribution is -2.29. The van der Waals surface area contributed by atoms with E-state index in [2.05, 4.69) is 22.8 Å². The zero-order valence-corrected chi connectivity index (χ0v) is 14.3. The highest BCUT2D eigenvalue weighted by atomic mass is 32.1. The van der Waals surface area contributed by atoms with Gasteiger partial charge >= 0.3 is 0 Å². The molecule has 0 radical (unpaired) electrons. The Morgan fingerprint density at radius 2 is 1.70 bits per heavy atom. The molecular formula is C18H22N2O2S. The molecule has 2 N–H and O–H groups in total. The van der Waals surface area contributed by atoms with Gasteiger partial charge in [-0.3, -0.25) is 0 Å². The standard InChI is InChI=1S/C18H22N2O2S/c1-21-16-9-3-6-14(12-16)7-5-11-19-18(23)20-15-8-4-10-17(13-15)22-2/h3-4,6,8-10,12-13H,5,7,11H2,1-2H3,(H2,19,20,23). The molecular weight excluding hydrogens is 308 g/mol. The van der Waals surface area contributed by atoms with Gasteiger partial charge in [-0.05, 0) is 54.9 Å². The van der Waals surface area contributed by atoms with Crippen LogP contribution in [-0.2, 0) is 6.42 Å². The van der Waals surface area contributed by atoms with Gasteiger partial charge in [0, 0.05) is 18.3 Å². The van der Waals surface area contributed by atoms with Gasteiger partial charge in [-0.1, -0.05) is 18.2 Å². The van der Waals surface area contributed by atoms with E-state index in [1.54, 1.807) is 14.2 Å². The minimum absolute atomic E-state index is 0.615. The SMILES string of the molecule is COc1cccc(CCCNC(=S)Nc2cccc(OC)c2)c1. The van der Waals surface area contributed by atoms with E-state index >= 15 is 0 Å². The third-order valence-electron chi connectivity index (χ3n) is 3.39. The number of anilines is 1. The summed E-state index contributed by atoms with van der Waals surface area (Å²) in [5, 5.41) is 6.98. The predicted molar refractivity (Wildman–Crippen MR) is 98.5 cm³/mol. The second-order valence-corrected chi connectivity index (χ2v) is 5.48. The molecule has 0 bridgehead atoms. The van der Waals surface area contributed by atoms with Crippen LogP contribution in [0.2, 0.25) is 0 Å². The number of aryl methyl sites for hydroxylation is 1. The van der Waals surface area contributed by atoms with E-state index in [1.165, 1.54) is 5.56 Å². The van der Waals surface area contributed by atoms with Gasteiger partial charge in [-0.15, -0.1) is 0 Å². The van der Waals surface area contributed by atoms with E-state index < -0.39 is 0 Å². The van der Waals surface area contributed by atoms with Gasteiger partial charge in [0.2, 0.25) is 0 Å². The van der Waals surface area contributed by atoms with Crippen molar-refractivity contribution in [3.05, 3.63) is 54.1 Å². The second-order valence-electron chi connectivity index (χ2n) is 5.07. The largest absolute Gasteiger partial charge is 0.497 e. The Morgan fingerprint density at radius 3 is 2.43 bits per heavy atom. The summed E-state index contributed by atoms with van der Waals surface area (Å²) in [6, 6.07) is 15.8. The van der Waals surface area contributed by atoms with Crippen LogP contribution in [0.1, 0.15) is 12.0 Å². The Balaban J connectivity index is 1.72. The van der Waals surface area contributed by atoms with Crippen LogP contribution in [-0.4, -0.2) is 25.9 Å². The van der Waals surface area contributed by atoms with Crippen molar-refractivity contribution >= 4 is 23.0 Å². The van der Waals surface area contributed by atoms with Crippen LogP contribution in [0.15, 0.2) is 48.5 Å². The summed E-state index contributed by atoms with van der Waals surface area (Å²) in [5.41, 5.74) is 2.17. The number of hydrogen-bond acceptors (Lipinski definition) is 3. The van der Waals surface area contributed by atoms with Gasteiger partial charge in [0.25, 0.3) is 0 Å². The molecule has 0 saturated carbocycles. The van der Waals surface area contributed by atoms with Gasteiger partial charge in [0.1, 0.15) is 11.5 Å². The molecule has 4 nitrogen and oxygen atoms in total. The van der Waals surface area contributed by atoms with Crippen LogP contribution in [0, 0.1) is 0 Å². The number of rotatable bonds is 7. The molecule has 0 aromatic heterocycles. The predicted octanol–water partition coefficient (Wildman–Crippen LogP) is 3.62. The second kappa shape index (κ2) is 9.00. The van der Waals surface area contributed by atoms with Crippen molar-refractivity contribution in [1.82, 2.24) is 5.32 Å². The summed E-state index contributed by atoms with van der Waals surface area (Å²) in [7, 11) is 3.33. The smallest absolute Gasteiger partial charge is 0.170 e. The van der Waals surface area contributed by atoms with Crippen molar-refractivity contribution in [2.75, 3.05) is 26.1 Å². The molecule has 0 spiro atoms. The Labute approximate surface area is 142 Å². The fourth-order valence-corrected chi connectivity index (χ4v) is 2.42. The van der Waals surface area contributed by atoms with Gasteiger partial charge in [0.05, 0.1) is 14.2 Å². The number of methoxy groups -OCH3 is 2. The molecule has 2 aromatic carbocycles. The van der Waals surface area contributed by atoms with Crippen LogP contribution in [0.25, 0.3) is 0 Å². The zero-order valence-electron chi connectivity index (χ0n) is 13.5. The minimum Gasteiger partial charge on any atom is -0.497 e. The first kappa shape index (κ1) is 17.1. The van der Waals surface area contributed by atoms with E-state index in [1.807, 2.05) is 36.4 Å². The highest BCUT2D eigenvalue weighted by Crippen LogP contribution is 2.16. The van der Waals surface area contributed by atoms with Gasteiger partial charge < -0.3 is 20.1 Å². The van der Waals surface area contributed by atoms with E-state index in [4.69, 9.17) is 21.7 Å². The first-order valence-electron chi connectivity index (χ1n) is 7.53. The van der Waals surface area contributed by atoms with Crippen LogP contribution in [0.5, 0.6) is 11.5 Å². The Morgan fingerprint density at radius 1 is 1.00 bits per heavy atom. The molecule has 2 aromatic rings. The van der Waals surface area contributed by atoms with Crippen molar-refractivity contribution in [2.24, 2.45) is 0 Å². The summed E-state index contributed by atoms with van der Waals surface area (Å²) in [4.78, 5) is 0. The normalized spacial score (nSPS) is 10.0. The first-order chi connectivity index (χ1) is 11.2. The lowest BCUT2D eigenvalue weighted by atomic mass is 10.1. The fraction of sp³-hybridized carbons (Fsp3) is 0.278. The summed E-state index contributed by atoms with van der Waals surface area (Å²) >= 11 is 5.30. The molecule has 122 valence electrons. The Bertz CT molecular complexity index is 646. The van der Waals surface area contributed by atoms with Crippen LogP contribution >= 0.6 is 12.2 Å². The molecule has 0 aliphatic heterocycles. The molecule has 0 atom stereocenters. The molecule has 0 fully saturated rings. The van der Waals surface area contributed by atoms with Crippen LogP contribution in [0.4, 0.5) is 5.69 Å². The maximum absolute atomic E-state index is 5.30. The molecule has 0 aliphatic carbocycles. The van der Waals surface area contributed by atoms with E-state index in [9.17, 15) is 0 Å². The third kappa shape index (κ3) is 5.79. The van der Waals surface area contributed by atoms with Crippen LogP contribution in [0.3, 0.4) is 0 Å². The van der Waals surface area contributed by atoms with Crippen molar-refractivity contribution in [2.45, 2.75) is 12.8 Å².